The quantitative estimate of drug-likeness (QED) is 0.938. The Labute approximate surface area is 135 Å². The van der Waals surface area contributed by atoms with E-state index in [0.717, 1.165) is 30.4 Å². The molecule has 1 N–H and O–H groups in total. The molecule has 1 aromatic heterocycles. The van der Waals surface area contributed by atoms with E-state index in [1.54, 1.807) is 6.20 Å². The molecule has 2 aliphatic rings. The number of carbonyl (C=O) groups excluding carboxylic acids is 1. The van der Waals surface area contributed by atoms with Gasteiger partial charge in [0.15, 0.2) is 0 Å². The topological polar surface area (TPSA) is 58.4 Å². The molecular weight excluding hydrogens is 290 g/mol. The predicted molar refractivity (Wildman–Crippen MR) is 85.9 cm³/mol. The zero-order valence-electron chi connectivity index (χ0n) is 13.0. The fraction of sp³-hybridized carbons (Fsp3) is 0.444. The molecule has 2 fully saturated rings. The number of carbonyl (C=O) groups is 1. The highest BCUT2D eigenvalue weighted by Gasteiger charge is 2.48. The third kappa shape index (κ3) is 2.45. The van der Waals surface area contributed by atoms with Crippen LogP contribution < -0.4 is 0 Å². The number of nitrogens with zero attached hydrogens (tertiary/aromatic N) is 3. The van der Waals surface area contributed by atoms with Crippen molar-refractivity contribution in [2.24, 2.45) is 5.92 Å². The van der Waals surface area contributed by atoms with Crippen molar-refractivity contribution in [3.05, 3.63) is 53.9 Å². The average Bonchev–Trinajstić information content (AvgIpc) is 3.30. The number of hydrogen-bond donors (Lipinski definition) is 1. The van der Waals surface area contributed by atoms with Crippen LogP contribution in [0.5, 0.6) is 0 Å². The number of benzene rings is 1. The molecular formula is C18H21N3O2. The summed E-state index contributed by atoms with van der Waals surface area (Å²) in [6, 6.07) is 10.2. The van der Waals surface area contributed by atoms with Gasteiger partial charge in [-0.2, -0.15) is 5.10 Å². The van der Waals surface area contributed by atoms with Gasteiger partial charge in [-0.1, -0.05) is 18.2 Å². The SMILES string of the molecule is O=C(c1ccccc1Cn1cccn1)N1C2CCC1C(CO)C2. The number of aliphatic hydroxyl groups is 1. The summed E-state index contributed by atoms with van der Waals surface area (Å²) in [4.78, 5) is 15.2. The summed E-state index contributed by atoms with van der Waals surface area (Å²) < 4.78 is 1.83. The lowest BCUT2D eigenvalue weighted by atomic mass is 9.90. The summed E-state index contributed by atoms with van der Waals surface area (Å²) in [7, 11) is 0. The second-order valence-corrected chi connectivity index (χ2v) is 6.55. The molecule has 0 saturated carbocycles. The van der Waals surface area contributed by atoms with E-state index >= 15 is 0 Å². The normalized spacial score (nSPS) is 26.0. The molecule has 0 spiro atoms. The summed E-state index contributed by atoms with van der Waals surface area (Å²) in [6.45, 7) is 0.779. The summed E-state index contributed by atoms with van der Waals surface area (Å²) in [5.41, 5.74) is 1.76. The van der Waals surface area contributed by atoms with E-state index in [2.05, 4.69) is 5.10 Å². The van der Waals surface area contributed by atoms with E-state index in [-0.39, 0.29) is 24.5 Å². The molecule has 120 valence electrons. The molecule has 0 aliphatic carbocycles. The Morgan fingerprint density at radius 3 is 2.87 bits per heavy atom. The number of aromatic nitrogens is 2. The minimum absolute atomic E-state index is 0.108. The predicted octanol–water partition coefficient (Wildman–Crippen LogP) is 1.92. The molecule has 23 heavy (non-hydrogen) atoms. The summed E-state index contributed by atoms with van der Waals surface area (Å²) in [5.74, 6) is 0.354. The minimum Gasteiger partial charge on any atom is -0.396 e. The molecule has 3 atom stereocenters. The lowest BCUT2D eigenvalue weighted by Crippen LogP contribution is -2.37. The molecule has 1 amide bonds. The van der Waals surface area contributed by atoms with Crippen molar-refractivity contribution < 1.29 is 9.90 Å². The first-order chi connectivity index (χ1) is 11.3. The Morgan fingerprint density at radius 1 is 1.26 bits per heavy atom. The van der Waals surface area contributed by atoms with Crippen LogP contribution in [-0.4, -0.2) is 44.4 Å². The molecule has 5 nitrogen and oxygen atoms in total. The molecule has 3 unspecified atom stereocenters. The molecule has 0 radical (unpaired) electrons. The third-order valence-corrected chi connectivity index (χ3v) is 5.27. The van der Waals surface area contributed by atoms with Gasteiger partial charge in [0, 0.05) is 42.6 Å². The number of aliphatic hydroxyl groups excluding tert-OH is 1. The van der Waals surface area contributed by atoms with Gasteiger partial charge in [-0.25, -0.2) is 0 Å². The molecule has 2 saturated heterocycles. The van der Waals surface area contributed by atoms with Gasteiger partial charge in [0.25, 0.3) is 5.91 Å². The molecule has 4 rings (SSSR count). The Bertz CT molecular complexity index is 698. The molecule has 3 heterocycles. The highest BCUT2D eigenvalue weighted by molar-refractivity contribution is 5.96. The highest BCUT2D eigenvalue weighted by Crippen LogP contribution is 2.42. The van der Waals surface area contributed by atoms with Crippen LogP contribution >= 0.6 is 0 Å². The molecule has 2 aromatic rings. The summed E-state index contributed by atoms with van der Waals surface area (Å²) >= 11 is 0. The maximum atomic E-state index is 13.1. The highest BCUT2D eigenvalue weighted by atomic mass is 16.3. The number of amides is 1. The lowest BCUT2D eigenvalue weighted by Gasteiger charge is -2.25. The Kier molecular flexibility index (Phi) is 3.65. The van der Waals surface area contributed by atoms with Crippen molar-refractivity contribution in [1.82, 2.24) is 14.7 Å². The van der Waals surface area contributed by atoms with Gasteiger partial charge in [-0.3, -0.25) is 9.48 Å². The fourth-order valence-corrected chi connectivity index (χ4v) is 4.20. The monoisotopic (exact) mass is 311 g/mol. The van der Waals surface area contributed by atoms with Crippen molar-refractivity contribution in [2.45, 2.75) is 37.9 Å². The van der Waals surface area contributed by atoms with E-state index in [0.29, 0.717) is 12.6 Å². The second kappa shape index (κ2) is 5.81. The second-order valence-electron chi connectivity index (χ2n) is 6.55. The first kappa shape index (κ1) is 14.5. The van der Waals surface area contributed by atoms with Crippen molar-refractivity contribution in [1.29, 1.82) is 0 Å². The van der Waals surface area contributed by atoms with Crippen LogP contribution in [0.15, 0.2) is 42.7 Å². The maximum absolute atomic E-state index is 13.1. The average molecular weight is 311 g/mol. The van der Waals surface area contributed by atoms with Crippen molar-refractivity contribution in [3.63, 3.8) is 0 Å². The number of hydrogen-bond acceptors (Lipinski definition) is 3. The molecule has 2 bridgehead atoms. The molecule has 2 aliphatic heterocycles. The van der Waals surface area contributed by atoms with Crippen LogP contribution in [0.4, 0.5) is 0 Å². The van der Waals surface area contributed by atoms with Crippen LogP contribution in [0.2, 0.25) is 0 Å². The minimum atomic E-state index is 0.108. The van der Waals surface area contributed by atoms with Gasteiger partial charge >= 0.3 is 0 Å². The van der Waals surface area contributed by atoms with E-state index < -0.39 is 0 Å². The Morgan fingerprint density at radius 2 is 2.13 bits per heavy atom. The van der Waals surface area contributed by atoms with E-state index in [1.807, 2.05) is 46.1 Å². The van der Waals surface area contributed by atoms with Crippen molar-refractivity contribution in [2.75, 3.05) is 6.61 Å². The number of rotatable bonds is 4. The molecule has 5 heteroatoms. The van der Waals surface area contributed by atoms with Crippen LogP contribution in [0.25, 0.3) is 0 Å². The first-order valence-corrected chi connectivity index (χ1v) is 8.27. The summed E-state index contributed by atoms with van der Waals surface area (Å²) in [5, 5.41) is 13.8. The van der Waals surface area contributed by atoms with Crippen molar-refractivity contribution >= 4 is 5.91 Å². The fourth-order valence-electron chi connectivity index (χ4n) is 4.20. The zero-order chi connectivity index (χ0) is 15.8. The van der Waals surface area contributed by atoms with Gasteiger partial charge in [0.1, 0.15) is 0 Å². The van der Waals surface area contributed by atoms with Crippen molar-refractivity contribution in [3.8, 4) is 0 Å². The Balaban J connectivity index is 1.62. The van der Waals surface area contributed by atoms with Crippen LogP contribution in [0, 0.1) is 5.92 Å². The van der Waals surface area contributed by atoms with E-state index in [9.17, 15) is 9.90 Å². The molecule has 1 aromatic carbocycles. The van der Waals surface area contributed by atoms with Gasteiger partial charge in [0.05, 0.1) is 6.54 Å². The van der Waals surface area contributed by atoms with Gasteiger partial charge in [-0.05, 0) is 37.0 Å². The van der Waals surface area contributed by atoms with Crippen LogP contribution in [-0.2, 0) is 6.54 Å². The van der Waals surface area contributed by atoms with Crippen LogP contribution in [0.3, 0.4) is 0 Å². The number of fused-ring (bicyclic) bond motifs is 2. The largest absolute Gasteiger partial charge is 0.396 e. The van der Waals surface area contributed by atoms with Crippen LogP contribution in [0.1, 0.15) is 35.2 Å². The van der Waals surface area contributed by atoms with Gasteiger partial charge in [-0.15, -0.1) is 0 Å². The standard InChI is InChI=1S/C18H21N3O2/c22-12-14-10-15-6-7-17(14)21(15)18(23)16-5-2-1-4-13(16)11-20-9-3-8-19-20/h1-5,8-9,14-15,17,22H,6-7,10-12H2. The lowest BCUT2D eigenvalue weighted by molar-refractivity contribution is 0.0706. The summed E-state index contributed by atoms with van der Waals surface area (Å²) in [6.07, 6.45) is 6.67. The van der Waals surface area contributed by atoms with Gasteiger partial charge < -0.3 is 10.0 Å². The van der Waals surface area contributed by atoms with Gasteiger partial charge in [0.2, 0.25) is 0 Å². The third-order valence-electron chi connectivity index (χ3n) is 5.27. The smallest absolute Gasteiger partial charge is 0.254 e. The maximum Gasteiger partial charge on any atom is 0.254 e. The Hall–Kier alpha value is -2.14. The zero-order valence-corrected chi connectivity index (χ0v) is 13.0. The van der Waals surface area contributed by atoms with E-state index in [4.69, 9.17) is 0 Å². The van der Waals surface area contributed by atoms with E-state index in [1.165, 1.54) is 0 Å². The first-order valence-electron chi connectivity index (χ1n) is 8.27.